The van der Waals surface area contributed by atoms with Crippen molar-refractivity contribution in [2.24, 2.45) is 5.92 Å². The summed E-state index contributed by atoms with van der Waals surface area (Å²) in [4.78, 5) is 4.72. The lowest BCUT2D eigenvalue weighted by molar-refractivity contribution is 0.305. The van der Waals surface area contributed by atoms with Crippen molar-refractivity contribution >= 4 is 10.9 Å². The molecule has 0 spiro atoms. The summed E-state index contributed by atoms with van der Waals surface area (Å²) in [7, 11) is 0. The number of benzene rings is 1. The highest BCUT2D eigenvalue weighted by atomic mass is 16.5. The minimum absolute atomic E-state index is 0.456. The third-order valence-electron chi connectivity index (χ3n) is 3.90. The van der Waals surface area contributed by atoms with E-state index in [1.165, 1.54) is 19.3 Å². The van der Waals surface area contributed by atoms with Crippen LogP contribution in [0.25, 0.3) is 10.9 Å². The molecule has 1 N–H and O–H groups in total. The number of hydrogen-bond donors (Lipinski definition) is 1. The Morgan fingerprint density at radius 2 is 2.10 bits per heavy atom. The van der Waals surface area contributed by atoms with Gasteiger partial charge in [-0.05, 0) is 24.5 Å². The first-order valence-electron chi connectivity index (χ1n) is 7.97. The molecule has 0 aliphatic heterocycles. The molecule has 1 aliphatic rings. The largest absolute Gasteiger partial charge is 0.493 e. The van der Waals surface area contributed by atoms with Crippen LogP contribution in [0.5, 0.6) is 5.75 Å². The molecule has 0 amide bonds. The van der Waals surface area contributed by atoms with Crippen LogP contribution in [-0.4, -0.2) is 17.6 Å². The fourth-order valence-corrected chi connectivity index (χ4v) is 2.46. The zero-order chi connectivity index (χ0) is 14.7. The van der Waals surface area contributed by atoms with Gasteiger partial charge in [0.25, 0.3) is 0 Å². The first-order chi connectivity index (χ1) is 10.2. The average molecular weight is 284 g/mol. The normalized spacial score (nSPS) is 14.8. The third kappa shape index (κ3) is 3.94. The van der Waals surface area contributed by atoms with E-state index in [2.05, 4.69) is 37.4 Å². The number of para-hydroxylation sites is 1. The van der Waals surface area contributed by atoms with E-state index in [9.17, 15) is 0 Å². The highest BCUT2D eigenvalue weighted by molar-refractivity contribution is 5.85. The van der Waals surface area contributed by atoms with Gasteiger partial charge in [-0.15, -0.1) is 0 Å². The molecule has 0 radical (unpaired) electrons. The topological polar surface area (TPSA) is 34.1 Å². The molecule has 3 nitrogen and oxygen atoms in total. The lowest BCUT2D eigenvalue weighted by atomic mass is 10.1. The monoisotopic (exact) mass is 284 g/mol. The van der Waals surface area contributed by atoms with E-state index in [0.717, 1.165) is 41.4 Å². The van der Waals surface area contributed by atoms with Gasteiger partial charge in [0.1, 0.15) is 5.75 Å². The molecule has 2 aromatic rings. The predicted molar refractivity (Wildman–Crippen MR) is 86.6 cm³/mol. The van der Waals surface area contributed by atoms with Crippen LogP contribution < -0.4 is 10.1 Å². The van der Waals surface area contributed by atoms with E-state index >= 15 is 0 Å². The van der Waals surface area contributed by atoms with Gasteiger partial charge in [-0.1, -0.05) is 38.8 Å². The predicted octanol–water partition coefficient (Wildman–Crippen LogP) is 3.91. The number of nitrogens with zero attached hydrogens (tertiary/aromatic N) is 1. The maximum atomic E-state index is 6.05. The highest BCUT2D eigenvalue weighted by Gasteiger charge is 2.20. The summed E-state index contributed by atoms with van der Waals surface area (Å²) in [5, 5.41) is 4.53. The number of nitrogens with one attached hydrogen (secondary N) is 1. The van der Waals surface area contributed by atoms with Crippen molar-refractivity contribution in [1.82, 2.24) is 10.3 Å². The smallest absolute Gasteiger partial charge is 0.130 e. The number of pyridine rings is 1. The molecule has 1 saturated carbocycles. The molecule has 1 heterocycles. The third-order valence-corrected chi connectivity index (χ3v) is 3.90. The molecule has 0 unspecified atom stereocenters. The molecule has 0 saturated heterocycles. The van der Waals surface area contributed by atoms with Crippen LogP contribution in [0, 0.1) is 5.92 Å². The van der Waals surface area contributed by atoms with Gasteiger partial charge in [-0.3, -0.25) is 4.98 Å². The number of ether oxygens (including phenoxy) is 1. The average Bonchev–Trinajstić information content (AvgIpc) is 3.29. The fourth-order valence-electron chi connectivity index (χ4n) is 2.46. The van der Waals surface area contributed by atoms with Gasteiger partial charge >= 0.3 is 0 Å². The first-order valence-corrected chi connectivity index (χ1v) is 7.97. The van der Waals surface area contributed by atoms with Crippen molar-refractivity contribution in [3.05, 3.63) is 36.0 Å². The Morgan fingerprint density at radius 3 is 2.86 bits per heavy atom. The van der Waals surface area contributed by atoms with Crippen molar-refractivity contribution in [1.29, 1.82) is 0 Å². The van der Waals surface area contributed by atoms with Gasteiger partial charge in [-0.25, -0.2) is 0 Å². The van der Waals surface area contributed by atoms with E-state index < -0.39 is 0 Å². The Morgan fingerprint density at radius 1 is 1.29 bits per heavy atom. The van der Waals surface area contributed by atoms with Crippen LogP contribution in [-0.2, 0) is 6.54 Å². The molecule has 3 rings (SSSR count). The van der Waals surface area contributed by atoms with Gasteiger partial charge in [0.15, 0.2) is 0 Å². The van der Waals surface area contributed by atoms with Gasteiger partial charge in [0.2, 0.25) is 0 Å². The van der Waals surface area contributed by atoms with Crippen LogP contribution in [0.2, 0.25) is 0 Å². The molecule has 0 atom stereocenters. The Kier molecular flexibility index (Phi) is 4.39. The van der Waals surface area contributed by atoms with Crippen LogP contribution in [0.4, 0.5) is 0 Å². The summed E-state index contributed by atoms with van der Waals surface area (Å²) in [6, 6.07) is 10.8. The van der Waals surface area contributed by atoms with E-state index in [0.29, 0.717) is 6.04 Å². The summed E-state index contributed by atoms with van der Waals surface area (Å²) >= 11 is 0. The summed E-state index contributed by atoms with van der Waals surface area (Å²) < 4.78 is 6.05. The van der Waals surface area contributed by atoms with Crippen LogP contribution in [0.3, 0.4) is 0 Å². The quantitative estimate of drug-likeness (QED) is 0.837. The lowest BCUT2D eigenvalue weighted by Crippen LogP contribution is -2.22. The molecule has 112 valence electrons. The van der Waals surface area contributed by atoms with Crippen molar-refractivity contribution < 1.29 is 4.74 Å². The number of rotatable bonds is 7. The first kappa shape index (κ1) is 14.3. The molecular weight excluding hydrogens is 260 g/mol. The summed E-state index contributed by atoms with van der Waals surface area (Å²) in [5.41, 5.74) is 2.06. The van der Waals surface area contributed by atoms with Crippen molar-refractivity contribution in [2.45, 2.75) is 45.7 Å². The summed E-state index contributed by atoms with van der Waals surface area (Å²) in [6.07, 6.45) is 3.93. The number of aromatic nitrogens is 1. The van der Waals surface area contributed by atoms with Crippen molar-refractivity contribution in [3.8, 4) is 5.75 Å². The SMILES string of the molecule is CC(C)NCc1cc(OCCC2CC2)c2ccccc2n1. The Bertz CT molecular complexity index is 605. The van der Waals surface area contributed by atoms with Gasteiger partial charge < -0.3 is 10.1 Å². The zero-order valence-electron chi connectivity index (χ0n) is 12.9. The second-order valence-corrected chi connectivity index (χ2v) is 6.24. The van der Waals surface area contributed by atoms with Crippen molar-refractivity contribution in [2.75, 3.05) is 6.61 Å². The number of hydrogen-bond acceptors (Lipinski definition) is 3. The minimum Gasteiger partial charge on any atom is -0.493 e. The lowest BCUT2D eigenvalue weighted by Gasteiger charge is -2.13. The van der Waals surface area contributed by atoms with Crippen LogP contribution >= 0.6 is 0 Å². The van der Waals surface area contributed by atoms with Gasteiger partial charge in [0, 0.05) is 24.0 Å². The summed E-state index contributed by atoms with van der Waals surface area (Å²) in [5.74, 6) is 1.88. The Labute approximate surface area is 126 Å². The number of fused-ring (bicyclic) bond motifs is 1. The highest BCUT2D eigenvalue weighted by Crippen LogP contribution is 2.33. The van der Waals surface area contributed by atoms with E-state index in [-0.39, 0.29) is 0 Å². The molecule has 3 heteroatoms. The molecule has 0 bridgehead atoms. The molecule has 1 aromatic carbocycles. The van der Waals surface area contributed by atoms with E-state index in [4.69, 9.17) is 9.72 Å². The fraction of sp³-hybridized carbons (Fsp3) is 0.500. The van der Waals surface area contributed by atoms with Crippen LogP contribution in [0.1, 0.15) is 38.8 Å². The maximum Gasteiger partial charge on any atom is 0.130 e. The molecule has 1 aliphatic carbocycles. The minimum atomic E-state index is 0.456. The standard InChI is InChI=1S/C18H24N2O/c1-13(2)19-12-15-11-18(21-10-9-14-7-8-14)16-5-3-4-6-17(16)20-15/h3-6,11,13-14,19H,7-10,12H2,1-2H3. The Balaban J connectivity index is 1.79. The molecule has 21 heavy (non-hydrogen) atoms. The Hall–Kier alpha value is -1.61. The van der Waals surface area contributed by atoms with Crippen molar-refractivity contribution in [3.63, 3.8) is 0 Å². The van der Waals surface area contributed by atoms with Gasteiger partial charge in [-0.2, -0.15) is 0 Å². The second kappa shape index (κ2) is 6.44. The van der Waals surface area contributed by atoms with E-state index in [1.54, 1.807) is 0 Å². The molecule has 1 fully saturated rings. The van der Waals surface area contributed by atoms with Crippen LogP contribution in [0.15, 0.2) is 30.3 Å². The molecular formula is C18H24N2O. The zero-order valence-corrected chi connectivity index (χ0v) is 12.9. The van der Waals surface area contributed by atoms with E-state index in [1.807, 2.05) is 12.1 Å². The second-order valence-electron chi connectivity index (χ2n) is 6.24. The van der Waals surface area contributed by atoms with Gasteiger partial charge in [0.05, 0.1) is 17.8 Å². The molecule has 1 aromatic heterocycles. The summed E-state index contributed by atoms with van der Waals surface area (Å²) in [6.45, 7) is 5.89. The maximum absolute atomic E-state index is 6.05.